The maximum atomic E-state index is 13.6. The number of rotatable bonds is 11. The maximum Gasteiger partial charge on any atom is 0.410 e. The molecule has 0 aliphatic carbocycles. The van der Waals surface area contributed by atoms with E-state index in [1.165, 1.54) is 0 Å². The summed E-state index contributed by atoms with van der Waals surface area (Å²) in [5.41, 5.74) is 2.65. The van der Waals surface area contributed by atoms with Crippen molar-refractivity contribution in [3.8, 4) is 17.4 Å². The molecule has 12 heteroatoms. The van der Waals surface area contributed by atoms with E-state index >= 15 is 0 Å². The molecule has 12 nitrogen and oxygen atoms in total. The molecule has 1 aliphatic rings. The molecule has 4 aromatic rings. The first-order valence-corrected chi connectivity index (χ1v) is 15.4. The zero-order valence-electron chi connectivity index (χ0n) is 26.9. The first-order valence-electron chi connectivity index (χ1n) is 15.4. The van der Waals surface area contributed by atoms with Crippen molar-refractivity contribution in [2.24, 2.45) is 0 Å². The summed E-state index contributed by atoms with van der Waals surface area (Å²) in [5, 5.41) is 3.12. The quantitative estimate of drug-likeness (QED) is 0.247. The van der Waals surface area contributed by atoms with Gasteiger partial charge in [0.05, 0.1) is 32.0 Å². The molecule has 2 atom stereocenters. The SMILES string of the molecule is COc1ccc(C(C)NC(=O)CC2CN(C(=O)OCc3ccccc3)CCN2c2cc(C(C)C)nc(-n3ccnc3)n2)cc1OC. The summed E-state index contributed by atoms with van der Waals surface area (Å²) >= 11 is 0. The standard InChI is InChI=1S/C34H41N7O5/c1-23(2)28-19-31(38-33(37-28)40-14-13-35-22-40)41-16-15-39(34(43)46-21-25-9-7-6-8-10-25)20-27(41)18-32(42)36-24(3)26-11-12-29(44-4)30(17-26)45-5/h6-14,17,19,22-24,27H,15-16,18,20-21H2,1-5H3,(H,36,42). The molecule has 0 bridgehead atoms. The molecule has 2 aromatic heterocycles. The number of anilines is 1. The summed E-state index contributed by atoms with van der Waals surface area (Å²) in [6, 6.07) is 16.4. The van der Waals surface area contributed by atoms with Gasteiger partial charge in [0.25, 0.3) is 0 Å². The third kappa shape index (κ3) is 7.74. The Hall–Kier alpha value is -5.13. The number of amides is 2. The van der Waals surface area contributed by atoms with E-state index in [0.29, 0.717) is 36.4 Å². The Morgan fingerprint density at radius 2 is 1.76 bits per heavy atom. The van der Waals surface area contributed by atoms with Gasteiger partial charge in [0.15, 0.2) is 11.5 Å². The van der Waals surface area contributed by atoms with Gasteiger partial charge in [-0.3, -0.25) is 9.36 Å². The molecule has 5 rings (SSSR count). The van der Waals surface area contributed by atoms with Gasteiger partial charge in [-0.15, -0.1) is 0 Å². The molecule has 3 heterocycles. The Bertz CT molecular complexity index is 1610. The second-order valence-electron chi connectivity index (χ2n) is 11.5. The van der Waals surface area contributed by atoms with Crippen LogP contribution in [0.3, 0.4) is 0 Å². The molecule has 2 amide bonds. The third-order valence-corrected chi connectivity index (χ3v) is 7.99. The Balaban J connectivity index is 1.37. The molecule has 1 saturated heterocycles. The summed E-state index contributed by atoms with van der Waals surface area (Å²) < 4.78 is 18.2. The molecule has 1 aliphatic heterocycles. The van der Waals surface area contributed by atoms with Gasteiger partial charge in [-0.2, -0.15) is 4.98 Å². The summed E-state index contributed by atoms with van der Waals surface area (Å²) in [6.45, 7) is 7.40. The lowest BCUT2D eigenvalue weighted by Gasteiger charge is -2.41. The zero-order chi connectivity index (χ0) is 32.6. The van der Waals surface area contributed by atoms with Crippen molar-refractivity contribution < 1.29 is 23.8 Å². The van der Waals surface area contributed by atoms with Crippen LogP contribution in [0.2, 0.25) is 0 Å². The predicted molar refractivity (Wildman–Crippen MR) is 173 cm³/mol. The Morgan fingerprint density at radius 3 is 2.46 bits per heavy atom. The molecule has 242 valence electrons. The van der Waals surface area contributed by atoms with Crippen molar-refractivity contribution in [2.75, 3.05) is 38.8 Å². The third-order valence-electron chi connectivity index (χ3n) is 7.99. The lowest BCUT2D eigenvalue weighted by molar-refractivity contribution is -0.122. The number of imidazole rings is 1. The number of piperazine rings is 1. The van der Waals surface area contributed by atoms with Crippen LogP contribution in [-0.4, -0.2) is 76.3 Å². The molecule has 1 N–H and O–H groups in total. The average molecular weight is 628 g/mol. The van der Waals surface area contributed by atoms with E-state index in [-0.39, 0.29) is 43.5 Å². The zero-order valence-corrected chi connectivity index (χ0v) is 26.9. The van der Waals surface area contributed by atoms with E-state index in [2.05, 4.69) is 29.0 Å². The van der Waals surface area contributed by atoms with E-state index in [9.17, 15) is 9.59 Å². The van der Waals surface area contributed by atoms with Crippen LogP contribution in [0.25, 0.3) is 5.95 Å². The van der Waals surface area contributed by atoms with Crippen molar-refractivity contribution >= 4 is 17.8 Å². The van der Waals surface area contributed by atoms with Crippen LogP contribution in [0.5, 0.6) is 11.5 Å². The van der Waals surface area contributed by atoms with E-state index in [0.717, 1.165) is 16.8 Å². The van der Waals surface area contributed by atoms with Crippen LogP contribution in [-0.2, 0) is 16.1 Å². The molecule has 2 unspecified atom stereocenters. The second kappa shape index (κ2) is 14.8. The fraction of sp³-hybridized carbons (Fsp3) is 0.382. The predicted octanol–water partition coefficient (Wildman–Crippen LogP) is 4.90. The van der Waals surface area contributed by atoms with Crippen LogP contribution in [0, 0.1) is 0 Å². The average Bonchev–Trinajstić information content (AvgIpc) is 3.62. The van der Waals surface area contributed by atoms with Gasteiger partial charge in [0.2, 0.25) is 11.9 Å². The molecule has 2 aromatic carbocycles. The highest BCUT2D eigenvalue weighted by atomic mass is 16.6. The van der Waals surface area contributed by atoms with E-state index in [1.807, 2.05) is 61.5 Å². The number of carbonyl (C=O) groups excluding carboxylic acids is 2. The first-order chi connectivity index (χ1) is 22.2. The summed E-state index contributed by atoms with van der Waals surface area (Å²) in [7, 11) is 3.16. The monoisotopic (exact) mass is 627 g/mol. The molecule has 0 spiro atoms. The number of benzene rings is 2. The lowest BCUT2D eigenvalue weighted by Crippen LogP contribution is -2.56. The number of aromatic nitrogens is 4. The summed E-state index contributed by atoms with van der Waals surface area (Å²) in [5.74, 6) is 2.36. The van der Waals surface area contributed by atoms with E-state index in [4.69, 9.17) is 24.2 Å². The van der Waals surface area contributed by atoms with Gasteiger partial charge >= 0.3 is 6.09 Å². The molecular weight excluding hydrogens is 586 g/mol. The second-order valence-corrected chi connectivity index (χ2v) is 11.5. The fourth-order valence-corrected chi connectivity index (χ4v) is 5.40. The minimum absolute atomic E-state index is 0.127. The van der Waals surface area contributed by atoms with E-state index < -0.39 is 6.09 Å². The number of ether oxygens (including phenoxy) is 3. The topological polar surface area (TPSA) is 124 Å². The van der Waals surface area contributed by atoms with Crippen LogP contribution in [0.1, 0.15) is 56.0 Å². The van der Waals surface area contributed by atoms with Crippen LogP contribution >= 0.6 is 0 Å². The number of carbonyl (C=O) groups is 2. The van der Waals surface area contributed by atoms with Crippen LogP contribution in [0.15, 0.2) is 73.3 Å². The number of hydrogen-bond acceptors (Lipinski definition) is 9. The van der Waals surface area contributed by atoms with Crippen molar-refractivity contribution in [3.05, 3.63) is 90.1 Å². The van der Waals surface area contributed by atoms with Crippen LogP contribution in [0.4, 0.5) is 10.6 Å². The molecule has 1 fully saturated rings. The van der Waals surface area contributed by atoms with Gasteiger partial charge < -0.3 is 29.3 Å². The smallest absolute Gasteiger partial charge is 0.410 e. The van der Waals surface area contributed by atoms with Gasteiger partial charge in [-0.05, 0) is 36.1 Å². The maximum absolute atomic E-state index is 13.6. The van der Waals surface area contributed by atoms with Gasteiger partial charge in [0, 0.05) is 44.5 Å². The van der Waals surface area contributed by atoms with Crippen molar-refractivity contribution in [1.29, 1.82) is 0 Å². The highest BCUT2D eigenvalue weighted by Gasteiger charge is 2.34. The minimum atomic E-state index is -0.419. The summed E-state index contributed by atoms with van der Waals surface area (Å²) in [6.07, 6.45) is 4.84. The van der Waals surface area contributed by atoms with E-state index in [1.54, 1.807) is 42.4 Å². The van der Waals surface area contributed by atoms with Gasteiger partial charge in [0.1, 0.15) is 18.8 Å². The number of nitrogens with one attached hydrogen (secondary N) is 1. The Labute approximate surface area is 269 Å². The summed E-state index contributed by atoms with van der Waals surface area (Å²) in [4.78, 5) is 44.3. The minimum Gasteiger partial charge on any atom is -0.493 e. The van der Waals surface area contributed by atoms with Crippen molar-refractivity contribution in [3.63, 3.8) is 0 Å². The van der Waals surface area contributed by atoms with Crippen molar-refractivity contribution in [2.45, 2.75) is 51.8 Å². The number of nitrogens with zero attached hydrogens (tertiary/aromatic N) is 6. The molecule has 46 heavy (non-hydrogen) atoms. The lowest BCUT2D eigenvalue weighted by atomic mass is 10.0. The van der Waals surface area contributed by atoms with Crippen molar-refractivity contribution in [1.82, 2.24) is 29.7 Å². The highest BCUT2D eigenvalue weighted by molar-refractivity contribution is 5.78. The number of methoxy groups -OCH3 is 2. The number of hydrogen-bond donors (Lipinski definition) is 1. The fourth-order valence-electron chi connectivity index (χ4n) is 5.40. The van der Waals surface area contributed by atoms with Gasteiger partial charge in [-0.25, -0.2) is 14.8 Å². The van der Waals surface area contributed by atoms with Gasteiger partial charge in [-0.1, -0.05) is 50.2 Å². The normalized spacial score (nSPS) is 15.4. The first kappa shape index (κ1) is 32.3. The largest absolute Gasteiger partial charge is 0.493 e. The molecular formula is C34H41N7O5. The van der Waals surface area contributed by atoms with Crippen LogP contribution < -0.4 is 19.7 Å². The molecule has 0 radical (unpaired) electrons. The Morgan fingerprint density at radius 1 is 0.978 bits per heavy atom. The molecule has 0 saturated carbocycles. The Kier molecular flexibility index (Phi) is 10.4. The highest BCUT2D eigenvalue weighted by Crippen LogP contribution is 2.30.